The van der Waals surface area contributed by atoms with Gasteiger partial charge in [-0.2, -0.15) is 0 Å². The number of nitrogens with one attached hydrogen (secondary N) is 3. The van der Waals surface area contributed by atoms with E-state index in [1.165, 1.54) is 16.7 Å². The number of fused-ring (bicyclic) bond motifs is 1. The Hall–Kier alpha value is -5.53. The number of benzene rings is 6. The second kappa shape index (κ2) is 12.9. The average Bonchev–Trinajstić information content (AvgIpc) is 3.54. The Morgan fingerprint density at radius 3 is 1.88 bits per heavy atom. The molecule has 1 aromatic heterocycles. The highest BCUT2D eigenvalue weighted by atomic mass is 15.4. The van der Waals surface area contributed by atoms with Gasteiger partial charge in [0.2, 0.25) is 0 Å². The van der Waals surface area contributed by atoms with E-state index in [0.29, 0.717) is 0 Å². The Kier molecular flexibility index (Phi) is 8.04. The number of hydrogen-bond donors (Lipinski definition) is 4. The van der Waals surface area contributed by atoms with Crippen LogP contribution in [-0.4, -0.2) is 9.55 Å². The molecule has 8 rings (SSSR count). The predicted octanol–water partition coefficient (Wildman–Crippen LogP) is 8.68. The molecular weight excluding hydrogens is 589 g/mol. The maximum atomic E-state index is 6.81. The summed E-state index contributed by atoms with van der Waals surface area (Å²) in [4.78, 5) is 4.86. The second-order valence-corrected chi connectivity index (χ2v) is 12.3. The minimum Gasteiger partial charge on any atom is -0.398 e. The molecule has 1 fully saturated rings. The van der Waals surface area contributed by atoms with Gasteiger partial charge < -0.3 is 5.73 Å². The zero-order chi connectivity index (χ0) is 32.5. The minimum absolute atomic E-state index is 0.0406. The fourth-order valence-electron chi connectivity index (χ4n) is 6.92. The summed E-state index contributed by atoms with van der Waals surface area (Å²) >= 11 is 0. The summed E-state index contributed by atoms with van der Waals surface area (Å²) in [6, 6.07) is 53.1. The largest absolute Gasteiger partial charge is 0.398 e. The molecule has 2 heterocycles. The molecule has 6 nitrogen and oxygen atoms in total. The van der Waals surface area contributed by atoms with Gasteiger partial charge in [0, 0.05) is 23.4 Å². The Morgan fingerprint density at radius 2 is 1.19 bits per heavy atom. The van der Waals surface area contributed by atoms with E-state index < -0.39 is 0 Å². The number of nitrogen functional groups attached to an aromatic ring is 1. The van der Waals surface area contributed by atoms with Crippen molar-refractivity contribution >= 4 is 16.7 Å². The van der Waals surface area contributed by atoms with E-state index in [2.05, 4.69) is 173 Å². The van der Waals surface area contributed by atoms with Crippen LogP contribution in [-0.2, 0) is 6.42 Å². The number of nitrogens with zero attached hydrogens (tertiary/aromatic N) is 2. The monoisotopic (exact) mass is 626 g/mol. The van der Waals surface area contributed by atoms with Crippen LogP contribution in [0.25, 0.3) is 39.0 Å². The van der Waals surface area contributed by atoms with E-state index >= 15 is 0 Å². The first-order valence-corrected chi connectivity index (χ1v) is 16.6. The zero-order valence-corrected chi connectivity index (χ0v) is 26.8. The van der Waals surface area contributed by atoms with Crippen molar-refractivity contribution in [3.8, 4) is 27.9 Å². The minimum atomic E-state index is -0.108. The van der Waals surface area contributed by atoms with Crippen molar-refractivity contribution in [3.63, 3.8) is 0 Å². The molecule has 1 saturated heterocycles. The number of aryl methyl sites for hydroxylation is 1. The summed E-state index contributed by atoms with van der Waals surface area (Å²) in [6.07, 6.45) is 0.641. The molecule has 48 heavy (non-hydrogen) atoms. The van der Waals surface area contributed by atoms with E-state index in [1.54, 1.807) is 0 Å². The topological polar surface area (TPSA) is 79.9 Å². The molecule has 6 heteroatoms. The van der Waals surface area contributed by atoms with E-state index in [0.717, 1.165) is 56.9 Å². The zero-order valence-electron chi connectivity index (χ0n) is 26.8. The van der Waals surface area contributed by atoms with Crippen molar-refractivity contribution in [2.45, 2.75) is 31.8 Å². The molecule has 7 aromatic rings. The highest BCUT2D eigenvalue weighted by molar-refractivity contribution is 5.84. The highest BCUT2D eigenvalue weighted by Gasteiger charge is 2.30. The molecule has 0 radical (unpaired) electrons. The average molecular weight is 627 g/mol. The Bertz CT molecular complexity index is 2140. The molecule has 0 amide bonds. The quantitative estimate of drug-likeness (QED) is 0.133. The summed E-state index contributed by atoms with van der Waals surface area (Å²) in [6.45, 7) is 2.14. The van der Waals surface area contributed by atoms with Crippen molar-refractivity contribution in [1.82, 2.24) is 25.5 Å². The standard InChI is InChI=1S/C42H38N6/c1-2-39-44-37-22-11-12-23-38(37)48(39)32-24-25-34(36(43)27-32)31-19-13-18-30(26-31)33-20-9-10-21-35(33)42-46-40(28-14-5-3-6-15-28)45-41(47-42)29-16-7-4-8-17-29/h3-27,40-42,45-47H,2,43H2,1H3. The molecule has 236 valence electrons. The number of nitrogens with two attached hydrogens (primary N) is 1. The van der Waals surface area contributed by atoms with Gasteiger partial charge in [-0.15, -0.1) is 0 Å². The molecule has 1 aliphatic heterocycles. The van der Waals surface area contributed by atoms with Crippen molar-refractivity contribution in [2.24, 2.45) is 0 Å². The van der Waals surface area contributed by atoms with Crippen molar-refractivity contribution in [1.29, 1.82) is 0 Å². The van der Waals surface area contributed by atoms with Crippen molar-refractivity contribution in [2.75, 3.05) is 5.73 Å². The van der Waals surface area contributed by atoms with E-state index in [-0.39, 0.29) is 18.5 Å². The smallest absolute Gasteiger partial charge is 0.114 e. The van der Waals surface area contributed by atoms with Gasteiger partial charge in [-0.05, 0) is 63.7 Å². The number of hydrogen-bond acceptors (Lipinski definition) is 5. The second-order valence-electron chi connectivity index (χ2n) is 12.3. The Labute approximate surface area is 281 Å². The van der Waals surface area contributed by atoms with Gasteiger partial charge >= 0.3 is 0 Å². The van der Waals surface area contributed by atoms with Gasteiger partial charge in [-0.1, -0.05) is 128 Å². The molecule has 0 bridgehead atoms. The van der Waals surface area contributed by atoms with Crippen LogP contribution in [0.3, 0.4) is 0 Å². The first-order valence-electron chi connectivity index (χ1n) is 16.6. The van der Waals surface area contributed by atoms with Crippen LogP contribution in [0.4, 0.5) is 5.69 Å². The van der Waals surface area contributed by atoms with Gasteiger partial charge in [0.15, 0.2) is 0 Å². The molecule has 0 aliphatic carbocycles. The highest BCUT2D eigenvalue weighted by Crippen LogP contribution is 2.36. The third kappa shape index (κ3) is 5.67. The Morgan fingerprint density at radius 1 is 0.583 bits per heavy atom. The van der Waals surface area contributed by atoms with Gasteiger partial charge in [-0.3, -0.25) is 20.5 Å². The van der Waals surface area contributed by atoms with E-state index in [4.69, 9.17) is 10.7 Å². The van der Waals surface area contributed by atoms with E-state index in [9.17, 15) is 0 Å². The maximum absolute atomic E-state index is 6.81. The van der Waals surface area contributed by atoms with Gasteiger partial charge in [-0.25, -0.2) is 4.98 Å². The molecule has 0 spiro atoms. The lowest BCUT2D eigenvalue weighted by atomic mass is 9.93. The van der Waals surface area contributed by atoms with Crippen LogP contribution >= 0.6 is 0 Å². The molecule has 2 unspecified atom stereocenters. The molecule has 5 N–H and O–H groups in total. The molecule has 2 atom stereocenters. The fraction of sp³-hybridized carbons (Fsp3) is 0.119. The third-order valence-electron chi connectivity index (χ3n) is 9.26. The summed E-state index contributed by atoms with van der Waals surface area (Å²) in [5.41, 5.74) is 18.6. The SMILES string of the molecule is CCc1nc2ccccc2n1-c1ccc(-c2cccc(-c3ccccc3C3NC(c4ccccc4)NC(c4ccccc4)N3)c2)c(N)c1. The number of aromatic nitrogens is 2. The predicted molar refractivity (Wildman–Crippen MR) is 196 cm³/mol. The number of rotatable bonds is 7. The van der Waals surface area contributed by atoms with Crippen LogP contribution in [0.15, 0.2) is 152 Å². The van der Waals surface area contributed by atoms with Crippen LogP contribution in [0.2, 0.25) is 0 Å². The van der Waals surface area contributed by atoms with Gasteiger partial charge in [0.05, 0.1) is 29.5 Å². The molecule has 1 aliphatic rings. The summed E-state index contributed by atoms with van der Waals surface area (Å²) in [7, 11) is 0. The molecular formula is C42H38N6. The first-order chi connectivity index (χ1) is 23.7. The third-order valence-corrected chi connectivity index (χ3v) is 9.26. The maximum Gasteiger partial charge on any atom is 0.114 e. The number of imidazole rings is 1. The number of para-hydroxylation sites is 2. The lowest BCUT2D eigenvalue weighted by Crippen LogP contribution is -2.54. The summed E-state index contributed by atoms with van der Waals surface area (Å²) in [5, 5.41) is 11.5. The van der Waals surface area contributed by atoms with Crippen LogP contribution in [0.5, 0.6) is 0 Å². The van der Waals surface area contributed by atoms with E-state index in [1.807, 2.05) is 6.07 Å². The summed E-state index contributed by atoms with van der Waals surface area (Å²) in [5.74, 6) is 1.02. The lowest BCUT2D eigenvalue weighted by Gasteiger charge is -2.40. The van der Waals surface area contributed by atoms with Crippen molar-refractivity contribution < 1.29 is 0 Å². The number of anilines is 1. The van der Waals surface area contributed by atoms with Crippen LogP contribution in [0.1, 0.15) is 47.9 Å². The molecule has 6 aromatic carbocycles. The first kappa shape index (κ1) is 29.8. The van der Waals surface area contributed by atoms with Crippen molar-refractivity contribution in [3.05, 3.63) is 174 Å². The fourth-order valence-corrected chi connectivity index (χ4v) is 6.92. The Balaban J connectivity index is 1.14. The van der Waals surface area contributed by atoms with Gasteiger partial charge in [0.25, 0.3) is 0 Å². The summed E-state index contributed by atoms with van der Waals surface area (Å²) < 4.78 is 2.21. The lowest BCUT2D eigenvalue weighted by molar-refractivity contribution is 0.203. The van der Waals surface area contributed by atoms with Gasteiger partial charge in [0.1, 0.15) is 5.82 Å². The normalized spacial score (nSPS) is 17.8. The van der Waals surface area contributed by atoms with Crippen LogP contribution < -0.4 is 21.7 Å². The van der Waals surface area contributed by atoms with Crippen LogP contribution in [0, 0.1) is 0 Å². The molecule has 0 saturated carbocycles.